The summed E-state index contributed by atoms with van der Waals surface area (Å²) in [5.74, 6) is 0.318. The van der Waals surface area contributed by atoms with E-state index in [9.17, 15) is 4.79 Å². The van der Waals surface area contributed by atoms with Gasteiger partial charge >= 0.3 is 0 Å². The Morgan fingerprint density at radius 3 is 2.37 bits per heavy atom. The molecule has 0 bridgehead atoms. The molecule has 1 aromatic carbocycles. The summed E-state index contributed by atoms with van der Waals surface area (Å²) in [7, 11) is 0. The van der Waals surface area contributed by atoms with E-state index in [1.165, 1.54) is 0 Å². The average Bonchev–Trinajstić information content (AvgIpc) is 2.68. The van der Waals surface area contributed by atoms with Crippen LogP contribution in [0.4, 0.5) is 0 Å². The molecule has 0 aliphatic heterocycles. The van der Waals surface area contributed by atoms with Crippen LogP contribution >= 0.6 is 0 Å². The van der Waals surface area contributed by atoms with Crippen molar-refractivity contribution >= 4 is 16.8 Å². The standard InChI is InChI=1S/C16H21NO2/c1-10-6-7-12-11(8-10)9-13(19-12)14(18)15(2,3)16(4,5)17/h6-9H,17H2,1-5H3. The third-order valence-electron chi connectivity index (χ3n) is 4.07. The average molecular weight is 259 g/mol. The Hall–Kier alpha value is -1.61. The van der Waals surface area contributed by atoms with Gasteiger partial charge in [-0.05, 0) is 39.0 Å². The minimum atomic E-state index is -0.685. The molecule has 0 amide bonds. The Kier molecular flexibility index (Phi) is 3.06. The lowest BCUT2D eigenvalue weighted by Gasteiger charge is -2.36. The van der Waals surface area contributed by atoms with Gasteiger partial charge in [-0.1, -0.05) is 25.5 Å². The van der Waals surface area contributed by atoms with Crippen molar-refractivity contribution in [3.05, 3.63) is 35.6 Å². The van der Waals surface area contributed by atoms with Gasteiger partial charge in [-0.3, -0.25) is 4.79 Å². The van der Waals surface area contributed by atoms with E-state index in [2.05, 4.69) is 0 Å². The Balaban J connectivity index is 2.48. The molecule has 0 radical (unpaired) electrons. The summed E-state index contributed by atoms with van der Waals surface area (Å²) in [4.78, 5) is 12.6. The summed E-state index contributed by atoms with van der Waals surface area (Å²) in [5, 5.41) is 0.953. The van der Waals surface area contributed by atoms with Crippen LogP contribution in [-0.4, -0.2) is 11.3 Å². The van der Waals surface area contributed by atoms with Gasteiger partial charge in [-0.25, -0.2) is 0 Å². The van der Waals surface area contributed by atoms with E-state index in [-0.39, 0.29) is 5.78 Å². The highest BCUT2D eigenvalue weighted by Crippen LogP contribution is 2.34. The Morgan fingerprint density at radius 1 is 1.16 bits per heavy atom. The highest BCUT2D eigenvalue weighted by molar-refractivity contribution is 6.01. The molecule has 1 aromatic heterocycles. The third kappa shape index (κ3) is 2.30. The highest BCUT2D eigenvalue weighted by Gasteiger charge is 2.42. The van der Waals surface area contributed by atoms with Crippen LogP contribution in [0.1, 0.15) is 43.8 Å². The van der Waals surface area contributed by atoms with Crippen LogP contribution in [0.25, 0.3) is 11.0 Å². The number of ketones is 1. The van der Waals surface area contributed by atoms with E-state index in [4.69, 9.17) is 10.2 Å². The molecule has 0 aliphatic carbocycles. The molecule has 2 N–H and O–H groups in total. The van der Waals surface area contributed by atoms with Gasteiger partial charge in [0.2, 0.25) is 5.78 Å². The fourth-order valence-electron chi connectivity index (χ4n) is 1.88. The van der Waals surface area contributed by atoms with Crippen molar-refractivity contribution in [1.29, 1.82) is 0 Å². The zero-order valence-electron chi connectivity index (χ0n) is 12.2. The first-order chi connectivity index (χ1) is 8.63. The minimum absolute atomic E-state index is 0.0612. The lowest BCUT2D eigenvalue weighted by molar-refractivity contribution is 0.0706. The first kappa shape index (κ1) is 13.8. The van der Waals surface area contributed by atoms with Crippen molar-refractivity contribution < 1.29 is 9.21 Å². The summed E-state index contributed by atoms with van der Waals surface area (Å²) in [6, 6.07) is 7.68. The van der Waals surface area contributed by atoms with Crippen LogP contribution in [0.15, 0.2) is 28.7 Å². The van der Waals surface area contributed by atoms with Gasteiger partial charge < -0.3 is 10.2 Å². The molecule has 0 atom stereocenters. The summed E-state index contributed by atoms with van der Waals surface area (Å²) in [6.45, 7) is 9.44. The van der Waals surface area contributed by atoms with Crippen molar-refractivity contribution in [1.82, 2.24) is 0 Å². The van der Waals surface area contributed by atoms with Gasteiger partial charge in [0.25, 0.3) is 0 Å². The van der Waals surface area contributed by atoms with Crippen molar-refractivity contribution in [3.63, 3.8) is 0 Å². The number of nitrogens with two attached hydrogens (primary N) is 1. The number of hydrogen-bond donors (Lipinski definition) is 1. The van der Waals surface area contributed by atoms with Crippen LogP contribution in [-0.2, 0) is 0 Å². The maximum absolute atomic E-state index is 12.6. The Labute approximate surface area is 113 Å². The van der Waals surface area contributed by atoms with E-state index >= 15 is 0 Å². The van der Waals surface area contributed by atoms with E-state index in [1.54, 1.807) is 6.07 Å². The maximum Gasteiger partial charge on any atom is 0.205 e. The van der Waals surface area contributed by atoms with Crippen LogP contribution in [0.2, 0.25) is 0 Å². The molecule has 2 aromatic rings. The van der Waals surface area contributed by atoms with Crippen molar-refractivity contribution in [2.24, 2.45) is 11.1 Å². The number of furan rings is 1. The molecule has 102 valence electrons. The SMILES string of the molecule is Cc1ccc2oc(C(=O)C(C)(C)C(C)(C)N)cc2c1. The van der Waals surface area contributed by atoms with Gasteiger partial charge in [0.15, 0.2) is 5.76 Å². The monoisotopic (exact) mass is 259 g/mol. The molecule has 0 unspecified atom stereocenters. The highest BCUT2D eigenvalue weighted by atomic mass is 16.3. The molecule has 3 heteroatoms. The molecule has 0 spiro atoms. The predicted octanol–water partition coefficient (Wildman–Crippen LogP) is 3.69. The Bertz CT molecular complexity index is 630. The Morgan fingerprint density at radius 2 is 1.79 bits per heavy atom. The fourth-order valence-corrected chi connectivity index (χ4v) is 1.88. The van der Waals surface area contributed by atoms with Crippen molar-refractivity contribution in [3.8, 4) is 0 Å². The number of Topliss-reactive ketones (excluding diaryl/α,β-unsaturated/α-hetero) is 1. The largest absolute Gasteiger partial charge is 0.453 e. The summed E-state index contributed by atoms with van der Waals surface area (Å²) >= 11 is 0. The van der Waals surface area contributed by atoms with Crippen molar-refractivity contribution in [2.45, 2.75) is 40.2 Å². The minimum Gasteiger partial charge on any atom is -0.453 e. The molecular formula is C16H21NO2. The van der Waals surface area contributed by atoms with Crippen LogP contribution in [0.5, 0.6) is 0 Å². The first-order valence-corrected chi connectivity index (χ1v) is 6.47. The molecule has 0 fully saturated rings. The zero-order valence-corrected chi connectivity index (χ0v) is 12.2. The summed E-state index contributed by atoms with van der Waals surface area (Å²) in [6.07, 6.45) is 0. The fraction of sp³-hybridized carbons (Fsp3) is 0.438. The number of carbonyl (C=O) groups is 1. The van der Waals surface area contributed by atoms with Crippen LogP contribution in [0.3, 0.4) is 0 Å². The normalized spacial score (nSPS) is 12.9. The second-order valence-corrected chi connectivity index (χ2v) is 6.33. The van der Waals surface area contributed by atoms with E-state index in [1.807, 2.05) is 52.8 Å². The topological polar surface area (TPSA) is 56.2 Å². The first-order valence-electron chi connectivity index (χ1n) is 6.47. The molecular weight excluding hydrogens is 238 g/mol. The van der Waals surface area contributed by atoms with Crippen molar-refractivity contribution in [2.75, 3.05) is 0 Å². The van der Waals surface area contributed by atoms with Gasteiger partial charge in [0.05, 0.1) is 0 Å². The predicted molar refractivity (Wildman–Crippen MR) is 77.3 cm³/mol. The molecule has 0 saturated heterocycles. The number of carbonyl (C=O) groups excluding carboxylic acids is 1. The number of aryl methyl sites for hydroxylation is 1. The zero-order chi connectivity index (χ0) is 14.4. The molecule has 0 saturated carbocycles. The summed E-state index contributed by atoms with van der Waals surface area (Å²) < 4.78 is 5.66. The lowest BCUT2D eigenvalue weighted by Crippen LogP contribution is -2.51. The number of fused-ring (bicyclic) bond motifs is 1. The smallest absolute Gasteiger partial charge is 0.205 e. The van der Waals surface area contributed by atoms with Gasteiger partial charge in [-0.15, -0.1) is 0 Å². The van der Waals surface area contributed by atoms with Gasteiger partial charge in [0.1, 0.15) is 5.58 Å². The quantitative estimate of drug-likeness (QED) is 0.855. The molecule has 3 nitrogen and oxygen atoms in total. The summed E-state index contributed by atoms with van der Waals surface area (Å²) in [5.41, 5.74) is 6.69. The van der Waals surface area contributed by atoms with Gasteiger partial charge in [-0.2, -0.15) is 0 Å². The third-order valence-corrected chi connectivity index (χ3v) is 4.07. The molecule has 1 heterocycles. The maximum atomic E-state index is 12.6. The second kappa shape index (κ2) is 4.20. The number of benzene rings is 1. The second-order valence-electron chi connectivity index (χ2n) is 6.33. The molecule has 0 aliphatic rings. The van der Waals surface area contributed by atoms with Gasteiger partial charge in [0, 0.05) is 16.3 Å². The molecule has 19 heavy (non-hydrogen) atoms. The van der Waals surface area contributed by atoms with Crippen LogP contribution in [0, 0.1) is 12.3 Å². The molecule has 2 rings (SSSR count). The number of rotatable bonds is 3. The van der Waals surface area contributed by atoms with E-state index < -0.39 is 11.0 Å². The van der Waals surface area contributed by atoms with Crippen LogP contribution < -0.4 is 5.73 Å². The van der Waals surface area contributed by atoms with E-state index in [0.717, 1.165) is 16.5 Å². The van der Waals surface area contributed by atoms with E-state index in [0.29, 0.717) is 5.76 Å². The number of hydrogen-bond acceptors (Lipinski definition) is 3. The lowest BCUT2D eigenvalue weighted by atomic mass is 9.71.